The van der Waals surface area contributed by atoms with Crippen LogP contribution in [0, 0.1) is 12.8 Å². The SMILES string of the molecule is Cc1nc(S(=O)(=O)N2CCC(C(=O)NC3CCCc4ccccc43)CC2)cn1C. The largest absolute Gasteiger partial charge is 0.349 e. The molecule has 0 spiro atoms. The lowest BCUT2D eigenvalue weighted by molar-refractivity contribution is -0.127. The molecular formula is C21H28N4O3S. The highest BCUT2D eigenvalue weighted by atomic mass is 32.2. The number of benzene rings is 1. The molecule has 4 rings (SSSR count). The number of nitrogens with one attached hydrogen (secondary N) is 1. The van der Waals surface area contributed by atoms with Crippen molar-refractivity contribution in [2.24, 2.45) is 13.0 Å². The number of aromatic nitrogens is 2. The minimum absolute atomic E-state index is 0.0393. The zero-order valence-electron chi connectivity index (χ0n) is 17.0. The Balaban J connectivity index is 1.38. The number of imidazole rings is 1. The van der Waals surface area contributed by atoms with Crippen molar-refractivity contribution in [2.75, 3.05) is 13.1 Å². The summed E-state index contributed by atoms with van der Waals surface area (Å²) in [4.78, 5) is 17.0. The number of piperidine rings is 1. The Kier molecular flexibility index (Phi) is 5.48. The molecule has 1 aromatic carbocycles. The van der Waals surface area contributed by atoms with Crippen LogP contribution in [0.4, 0.5) is 0 Å². The van der Waals surface area contributed by atoms with Gasteiger partial charge < -0.3 is 9.88 Å². The second-order valence-electron chi connectivity index (χ2n) is 8.07. The molecule has 0 saturated carbocycles. The molecule has 156 valence electrons. The van der Waals surface area contributed by atoms with Gasteiger partial charge in [-0.2, -0.15) is 4.31 Å². The van der Waals surface area contributed by atoms with Crippen LogP contribution < -0.4 is 5.32 Å². The molecule has 1 fully saturated rings. The van der Waals surface area contributed by atoms with Gasteiger partial charge in [-0.25, -0.2) is 13.4 Å². The van der Waals surface area contributed by atoms with Crippen molar-refractivity contribution in [3.05, 3.63) is 47.4 Å². The molecule has 7 nitrogen and oxygen atoms in total. The van der Waals surface area contributed by atoms with Crippen molar-refractivity contribution >= 4 is 15.9 Å². The van der Waals surface area contributed by atoms with Crippen molar-refractivity contribution in [2.45, 2.75) is 50.1 Å². The normalized spacial score (nSPS) is 21.0. The summed E-state index contributed by atoms with van der Waals surface area (Å²) in [5, 5.41) is 3.30. The van der Waals surface area contributed by atoms with Gasteiger partial charge in [0.1, 0.15) is 5.82 Å². The van der Waals surface area contributed by atoms with Gasteiger partial charge in [0.25, 0.3) is 10.0 Å². The molecule has 2 aromatic rings. The highest BCUT2D eigenvalue weighted by Crippen LogP contribution is 2.31. The van der Waals surface area contributed by atoms with Crippen molar-refractivity contribution in [1.29, 1.82) is 0 Å². The number of hydrogen-bond acceptors (Lipinski definition) is 4. The summed E-state index contributed by atoms with van der Waals surface area (Å²) in [5.74, 6) is 0.545. The van der Waals surface area contributed by atoms with E-state index < -0.39 is 10.0 Å². The molecule has 1 aromatic heterocycles. The number of hydrogen-bond donors (Lipinski definition) is 1. The predicted octanol–water partition coefficient (Wildman–Crippen LogP) is 2.32. The Morgan fingerprint density at radius 3 is 2.59 bits per heavy atom. The highest BCUT2D eigenvalue weighted by molar-refractivity contribution is 7.89. The molecule has 29 heavy (non-hydrogen) atoms. The molecule has 0 bridgehead atoms. The summed E-state index contributed by atoms with van der Waals surface area (Å²) in [6.45, 7) is 2.47. The summed E-state index contributed by atoms with van der Waals surface area (Å²) in [7, 11) is -1.83. The number of nitrogens with zero attached hydrogens (tertiary/aromatic N) is 3. The Morgan fingerprint density at radius 1 is 1.17 bits per heavy atom. The second kappa shape index (κ2) is 7.91. The molecule has 8 heteroatoms. The topological polar surface area (TPSA) is 84.3 Å². The van der Waals surface area contributed by atoms with E-state index in [4.69, 9.17) is 0 Å². The van der Waals surface area contributed by atoms with Crippen molar-refractivity contribution in [3.63, 3.8) is 0 Å². The lowest BCUT2D eigenvalue weighted by atomic mass is 9.87. The lowest BCUT2D eigenvalue weighted by Gasteiger charge is -2.32. The van der Waals surface area contributed by atoms with Crippen LogP contribution >= 0.6 is 0 Å². The van der Waals surface area contributed by atoms with Gasteiger partial charge >= 0.3 is 0 Å². The van der Waals surface area contributed by atoms with Crippen molar-refractivity contribution < 1.29 is 13.2 Å². The first-order valence-electron chi connectivity index (χ1n) is 10.2. The molecule has 1 amide bonds. The first-order chi connectivity index (χ1) is 13.9. The molecule has 0 radical (unpaired) electrons. The Hall–Kier alpha value is -2.19. The lowest BCUT2D eigenvalue weighted by Crippen LogP contribution is -2.44. The van der Waals surface area contributed by atoms with Crippen LogP contribution in [0.25, 0.3) is 0 Å². The van der Waals surface area contributed by atoms with Gasteiger partial charge in [0, 0.05) is 32.3 Å². The Morgan fingerprint density at radius 2 is 1.90 bits per heavy atom. The molecule has 2 aliphatic rings. The molecule has 1 N–H and O–H groups in total. The number of carbonyl (C=O) groups is 1. The number of fused-ring (bicyclic) bond motifs is 1. The van der Waals surface area contributed by atoms with E-state index in [0.29, 0.717) is 31.8 Å². The zero-order chi connectivity index (χ0) is 20.6. The van der Waals surface area contributed by atoms with Gasteiger partial charge in [-0.3, -0.25) is 4.79 Å². The fourth-order valence-corrected chi connectivity index (χ4v) is 5.83. The van der Waals surface area contributed by atoms with Crippen LogP contribution in [-0.4, -0.2) is 41.3 Å². The average molecular weight is 417 g/mol. The second-order valence-corrected chi connectivity index (χ2v) is 9.95. The predicted molar refractivity (Wildman–Crippen MR) is 110 cm³/mol. The van der Waals surface area contributed by atoms with E-state index in [1.807, 2.05) is 12.1 Å². The fourth-order valence-electron chi connectivity index (χ4n) is 4.33. The van der Waals surface area contributed by atoms with Gasteiger partial charge in [0.2, 0.25) is 5.91 Å². The van der Waals surface area contributed by atoms with Crippen LogP contribution in [0.5, 0.6) is 0 Å². The minimum atomic E-state index is -3.61. The average Bonchev–Trinajstić information content (AvgIpc) is 3.07. The smallest absolute Gasteiger partial charge is 0.262 e. The van der Waals surface area contributed by atoms with E-state index in [9.17, 15) is 13.2 Å². The number of aryl methyl sites for hydroxylation is 3. The summed E-state index contributed by atoms with van der Waals surface area (Å²) >= 11 is 0. The monoisotopic (exact) mass is 416 g/mol. The van der Waals surface area contributed by atoms with Crippen molar-refractivity contribution in [3.8, 4) is 0 Å². The highest BCUT2D eigenvalue weighted by Gasteiger charge is 2.34. The number of sulfonamides is 1. The third-order valence-corrected chi connectivity index (χ3v) is 7.97. The van der Waals surface area contributed by atoms with Crippen LogP contribution in [0.15, 0.2) is 35.5 Å². The van der Waals surface area contributed by atoms with Crippen LogP contribution in [0.1, 0.15) is 48.7 Å². The van der Waals surface area contributed by atoms with Crippen LogP contribution in [0.3, 0.4) is 0 Å². The molecule has 1 saturated heterocycles. The van der Waals surface area contributed by atoms with Gasteiger partial charge in [0.05, 0.1) is 6.04 Å². The van der Waals surface area contributed by atoms with Gasteiger partial charge in [-0.15, -0.1) is 0 Å². The van der Waals surface area contributed by atoms with Gasteiger partial charge in [-0.05, 0) is 50.2 Å². The van der Waals surface area contributed by atoms with Gasteiger partial charge in [-0.1, -0.05) is 24.3 Å². The van der Waals surface area contributed by atoms with Crippen molar-refractivity contribution in [1.82, 2.24) is 19.2 Å². The summed E-state index contributed by atoms with van der Waals surface area (Å²) < 4.78 is 28.8. The quantitative estimate of drug-likeness (QED) is 0.829. The fraction of sp³-hybridized carbons (Fsp3) is 0.524. The molecule has 1 aliphatic heterocycles. The summed E-state index contributed by atoms with van der Waals surface area (Å²) in [5.41, 5.74) is 2.54. The van der Waals surface area contributed by atoms with E-state index in [2.05, 4.69) is 22.4 Å². The van der Waals surface area contributed by atoms with Crippen LogP contribution in [-0.2, 0) is 28.3 Å². The van der Waals surface area contributed by atoms with Crippen LogP contribution in [0.2, 0.25) is 0 Å². The van der Waals surface area contributed by atoms with E-state index >= 15 is 0 Å². The maximum absolute atomic E-state index is 12.9. The number of amides is 1. The third-order valence-electron chi connectivity index (χ3n) is 6.20. The molecule has 1 unspecified atom stereocenters. The summed E-state index contributed by atoms with van der Waals surface area (Å²) in [6, 6.07) is 8.36. The maximum Gasteiger partial charge on any atom is 0.262 e. The first-order valence-corrected chi connectivity index (χ1v) is 11.7. The van der Waals surface area contributed by atoms with E-state index in [0.717, 1.165) is 19.3 Å². The molecular weight excluding hydrogens is 388 g/mol. The number of rotatable bonds is 4. The molecule has 1 aliphatic carbocycles. The summed E-state index contributed by atoms with van der Waals surface area (Å²) in [6.07, 6.45) is 5.70. The number of carbonyl (C=O) groups excluding carboxylic acids is 1. The Bertz CT molecular complexity index is 987. The first kappa shape index (κ1) is 20.1. The van der Waals surface area contributed by atoms with E-state index in [-0.39, 0.29) is 22.9 Å². The van der Waals surface area contributed by atoms with Gasteiger partial charge in [0.15, 0.2) is 5.03 Å². The molecule has 2 heterocycles. The standard InChI is InChI=1S/C21H28N4O3S/c1-15-22-20(14-24(15)2)29(27,28)25-12-10-17(11-13-25)21(26)23-19-9-5-7-16-6-3-4-8-18(16)19/h3-4,6,8,14,17,19H,5,7,9-13H2,1-2H3,(H,23,26). The molecule has 1 atom stereocenters. The third kappa shape index (κ3) is 3.96. The van der Waals surface area contributed by atoms with E-state index in [1.165, 1.54) is 15.4 Å². The maximum atomic E-state index is 12.9. The zero-order valence-corrected chi connectivity index (χ0v) is 17.8. The Labute approximate surface area is 172 Å². The minimum Gasteiger partial charge on any atom is -0.349 e. The van der Waals surface area contributed by atoms with E-state index in [1.54, 1.807) is 24.7 Å².